The summed E-state index contributed by atoms with van der Waals surface area (Å²) in [5.41, 5.74) is 5.63. The van der Waals surface area contributed by atoms with Gasteiger partial charge in [-0.2, -0.15) is 0 Å². The third kappa shape index (κ3) is 1.82. The summed E-state index contributed by atoms with van der Waals surface area (Å²) in [6, 6.07) is 0.177. The van der Waals surface area contributed by atoms with Crippen molar-refractivity contribution < 1.29 is 4.92 Å². The molecule has 0 amide bonds. The lowest BCUT2D eigenvalue weighted by Gasteiger charge is -2.15. The van der Waals surface area contributed by atoms with E-state index in [2.05, 4.69) is 10.3 Å². The smallest absolute Gasteiger partial charge is 0.358 e. The van der Waals surface area contributed by atoms with Crippen LogP contribution in [0.1, 0.15) is 25.3 Å². The van der Waals surface area contributed by atoms with Gasteiger partial charge in [-0.15, -0.1) is 0 Å². The van der Waals surface area contributed by atoms with Crippen LogP contribution < -0.4 is 5.73 Å². The van der Waals surface area contributed by atoms with E-state index in [1.54, 1.807) is 4.68 Å². The van der Waals surface area contributed by atoms with Gasteiger partial charge in [0.05, 0.1) is 11.3 Å². The number of hydrogen-bond donors (Lipinski definition) is 1. The number of hydrogen-bond acceptors (Lipinski definition) is 5. The van der Waals surface area contributed by atoms with Crippen molar-refractivity contribution in [2.45, 2.75) is 25.3 Å². The van der Waals surface area contributed by atoms with Crippen molar-refractivity contribution in [3.8, 4) is 0 Å². The predicted molar refractivity (Wildman–Crippen MR) is 52.1 cm³/mol. The third-order valence-electron chi connectivity index (χ3n) is 2.95. The minimum Gasteiger partial charge on any atom is -0.358 e. The molecule has 1 fully saturated rings. The topological polar surface area (TPSA) is 99.9 Å². The quantitative estimate of drug-likeness (QED) is 0.579. The zero-order valence-electron chi connectivity index (χ0n) is 8.24. The highest BCUT2D eigenvalue weighted by molar-refractivity contribution is 5.09. The van der Waals surface area contributed by atoms with Gasteiger partial charge >= 0.3 is 5.82 Å². The highest BCUT2D eigenvalue weighted by Gasteiger charge is 2.30. The summed E-state index contributed by atoms with van der Waals surface area (Å²) >= 11 is 0. The first-order valence-corrected chi connectivity index (χ1v) is 4.98. The molecule has 0 spiro atoms. The highest BCUT2D eigenvalue weighted by Crippen LogP contribution is 2.34. The minimum atomic E-state index is -0.532. The van der Waals surface area contributed by atoms with Gasteiger partial charge in [-0.3, -0.25) is 0 Å². The average Bonchev–Trinajstić information content (AvgIpc) is 2.85. The van der Waals surface area contributed by atoms with Crippen LogP contribution in [0.15, 0.2) is 6.20 Å². The lowest BCUT2D eigenvalue weighted by atomic mass is 10.0. The molecule has 2 unspecified atom stereocenters. The van der Waals surface area contributed by atoms with E-state index in [4.69, 9.17) is 5.73 Å². The summed E-state index contributed by atoms with van der Waals surface area (Å²) in [6.45, 7) is 0.596. The summed E-state index contributed by atoms with van der Waals surface area (Å²) in [5, 5.41) is 17.7. The Morgan fingerprint density at radius 1 is 1.67 bits per heavy atom. The van der Waals surface area contributed by atoms with Crippen molar-refractivity contribution in [2.75, 3.05) is 6.54 Å². The van der Waals surface area contributed by atoms with Crippen molar-refractivity contribution in [1.29, 1.82) is 0 Å². The van der Waals surface area contributed by atoms with Gasteiger partial charge in [0.2, 0.25) is 0 Å². The van der Waals surface area contributed by atoms with Gasteiger partial charge in [0.15, 0.2) is 0 Å². The first kappa shape index (κ1) is 10.0. The van der Waals surface area contributed by atoms with Gasteiger partial charge < -0.3 is 15.8 Å². The molecule has 0 saturated heterocycles. The standard InChI is InChI=1S/C8H13N5O2/c9-4-6-2-1-3-7(6)12-5-8(10-11-12)13(14)15/h5-7H,1-4,9H2. The molecule has 0 radical (unpaired) electrons. The monoisotopic (exact) mass is 211 g/mol. The zero-order valence-corrected chi connectivity index (χ0v) is 8.24. The molecule has 82 valence electrons. The van der Waals surface area contributed by atoms with Crippen molar-refractivity contribution >= 4 is 5.82 Å². The Bertz CT molecular complexity index is 364. The Morgan fingerprint density at radius 3 is 3.07 bits per heavy atom. The van der Waals surface area contributed by atoms with E-state index in [1.165, 1.54) is 6.20 Å². The van der Waals surface area contributed by atoms with Crippen LogP contribution in [0.4, 0.5) is 5.82 Å². The van der Waals surface area contributed by atoms with Crippen LogP contribution in [0.3, 0.4) is 0 Å². The molecular weight excluding hydrogens is 198 g/mol. The van der Waals surface area contributed by atoms with Crippen molar-refractivity contribution in [1.82, 2.24) is 15.0 Å². The zero-order chi connectivity index (χ0) is 10.8. The first-order chi connectivity index (χ1) is 7.22. The van der Waals surface area contributed by atoms with Crippen LogP contribution in [0.5, 0.6) is 0 Å². The molecule has 1 saturated carbocycles. The van der Waals surface area contributed by atoms with E-state index in [-0.39, 0.29) is 11.9 Å². The number of rotatable bonds is 3. The van der Waals surface area contributed by atoms with Crippen molar-refractivity contribution in [3.05, 3.63) is 16.3 Å². The Hall–Kier alpha value is -1.50. The second kappa shape index (κ2) is 3.93. The second-order valence-corrected chi connectivity index (χ2v) is 3.81. The van der Waals surface area contributed by atoms with Crippen LogP contribution in [0.2, 0.25) is 0 Å². The molecule has 15 heavy (non-hydrogen) atoms. The molecule has 1 aromatic heterocycles. The molecule has 7 nitrogen and oxygen atoms in total. The van der Waals surface area contributed by atoms with Gasteiger partial charge in [-0.05, 0) is 30.2 Å². The van der Waals surface area contributed by atoms with Crippen LogP contribution in [-0.4, -0.2) is 26.5 Å². The van der Waals surface area contributed by atoms with Crippen LogP contribution in [-0.2, 0) is 0 Å². The molecule has 1 aliphatic rings. The summed E-state index contributed by atoms with van der Waals surface area (Å²) in [7, 11) is 0. The van der Waals surface area contributed by atoms with Crippen LogP contribution in [0.25, 0.3) is 0 Å². The Balaban J connectivity index is 2.18. The largest absolute Gasteiger partial charge is 0.410 e. The molecule has 2 atom stereocenters. The highest BCUT2D eigenvalue weighted by atomic mass is 16.6. The molecule has 2 rings (SSSR count). The molecule has 1 aromatic rings. The van der Waals surface area contributed by atoms with Gasteiger partial charge in [0.1, 0.15) is 11.3 Å². The minimum absolute atomic E-state index is 0.177. The second-order valence-electron chi connectivity index (χ2n) is 3.81. The maximum atomic E-state index is 10.4. The van der Waals surface area contributed by atoms with E-state index in [9.17, 15) is 10.1 Å². The van der Waals surface area contributed by atoms with Gasteiger partial charge in [-0.25, -0.2) is 4.68 Å². The van der Waals surface area contributed by atoms with E-state index in [0.717, 1.165) is 19.3 Å². The summed E-state index contributed by atoms with van der Waals surface area (Å²) < 4.78 is 1.59. The maximum Gasteiger partial charge on any atom is 0.410 e. The third-order valence-corrected chi connectivity index (χ3v) is 2.95. The van der Waals surface area contributed by atoms with E-state index >= 15 is 0 Å². The Morgan fingerprint density at radius 2 is 2.47 bits per heavy atom. The van der Waals surface area contributed by atoms with E-state index in [0.29, 0.717) is 12.5 Å². The fourth-order valence-electron chi connectivity index (χ4n) is 2.15. The fraction of sp³-hybridized carbons (Fsp3) is 0.750. The summed E-state index contributed by atoms with van der Waals surface area (Å²) in [4.78, 5) is 9.91. The fourth-order valence-corrected chi connectivity index (χ4v) is 2.15. The molecular formula is C8H13N5O2. The number of nitro groups is 1. The molecule has 0 aromatic carbocycles. The molecule has 0 aliphatic heterocycles. The SMILES string of the molecule is NCC1CCCC1n1cc([N+](=O)[O-])nn1. The van der Waals surface area contributed by atoms with Gasteiger partial charge in [0.25, 0.3) is 0 Å². The van der Waals surface area contributed by atoms with Crippen molar-refractivity contribution in [2.24, 2.45) is 11.7 Å². The lowest BCUT2D eigenvalue weighted by molar-refractivity contribution is -0.389. The van der Waals surface area contributed by atoms with Gasteiger partial charge in [0, 0.05) is 0 Å². The molecule has 1 heterocycles. The average molecular weight is 211 g/mol. The normalized spacial score (nSPS) is 25.7. The van der Waals surface area contributed by atoms with Crippen LogP contribution >= 0.6 is 0 Å². The Labute approximate surface area is 86.4 Å². The summed E-state index contributed by atoms with van der Waals surface area (Å²) in [5.74, 6) is 0.170. The Kier molecular flexibility index (Phi) is 2.63. The molecule has 7 heteroatoms. The van der Waals surface area contributed by atoms with Crippen LogP contribution in [0, 0.1) is 16.0 Å². The number of nitrogens with two attached hydrogens (primary N) is 1. The number of nitrogens with zero attached hydrogens (tertiary/aromatic N) is 4. The maximum absolute atomic E-state index is 10.4. The first-order valence-electron chi connectivity index (χ1n) is 4.98. The van der Waals surface area contributed by atoms with Crippen molar-refractivity contribution in [3.63, 3.8) is 0 Å². The van der Waals surface area contributed by atoms with E-state index < -0.39 is 4.92 Å². The van der Waals surface area contributed by atoms with Gasteiger partial charge in [-0.1, -0.05) is 6.42 Å². The number of aromatic nitrogens is 3. The molecule has 0 bridgehead atoms. The summed E-state index contributed by atoms with van der Waals surface area (Å²) in [6.07, 6.45) is 4.52. The molecule has 1 aliphatic carbocycles. The predicted octanol–water partition coefficient (Wildman–Crippen LogP) is 0.486. The van der Waals surface area contributed by atoms with E-state index in [1.807, 2.05) is 0 Å². The molecule has 2 N–H and O–H groups in total. The lowest BCUT2D eigenvalue weighted by Crippen LogP contribution is -2.22.